The van der Waals surface area contributed by atoms with E-state index in [1.807, 2.05) is 0 Å². The van der Waals surface area contributed by atoms with E-state index >= 15 is 0 Å². The third-order valence-corrected chi connectivity index (χ3v) is 1.89. The smallest absolute Gasteiger partial charge is 0.550 e. The standard InChI is InChI=1S/C6H10O4S.Mg/c7-5(8)1-3-11-4-2-6(9)10;/h1-4H2,(H,7,8)(H,9,10);/q;+2/p-2. The molecule has 0 fully saturated rings. The molecule has 64 valence electrons. The molecule has 0 aromatic carbocycles. The Morgan fingerprint density at radius 2 is 1.33 bits per heavy atom. The third kappa shape index (κ3) is 12.7. The van der Waals surface area contributed by atoms with E-state index in [-0.39, 0.29) is 35.9 Å². The first-order valence-corrected chi connectivity index (χ1v) is 4.26. The van der Waals surface area contributed by atoms with Gasteiger partial charge in [-0.1, -0.05) is 0 Å². The fourth-order valence-corrected chi connectivity index (χ4v) is 1.24. The summed E-state index contributed by atoms with van der Waals surface area (Å²) in [4.78, 5) is 19.7. The first-order valence-electron chi connectivity index (χ1n) is 3.10. The molecule has 0 aromatic rings. The Hall–Kier alpha value is 0.0562. The second-order valence-electron chi connectivity index (χ2n) is 1.86. The summed E-state index contributed by atoms with van der Waals surface area (Å²) in [6.07, 6.45) is -0.0601. The van der Waals surface area contributed by atoms with Gasteiger partial charge in [0.2, 0.25) is 0 Å². The van der Waals surface area contributed by atoms with Gasteiger partial charge in [-0.2, -0.15) is 11.8 Å². The van der Waals surface area contributed by atoms with E-state index in [0.717, 1.165) is 0 Å². The van der Waals surface area contributed by atoms with Crippen LogP contribution in [0.4, 0.5) is 0 Å². The van der Waals surface area contributed by atoms with Gasteiger partial charge < -0.3 is 19.8 Å². The van der Waals surface area contributed by atoms with Gasteiger partial charge in [0.15, 0.2) is 0 Å². The summed E-state index contributed by atoms with van der Waals surface area (Å²) in [7, 11) is 0. The summed E-state index contributed by atoms with van der Waals surface area (Å²) in [6.45, 7) is 0. The fourth-order valence-electron chi connectivity index (χ4n) is 0.413. The van der Waals surface area contributed by atoms with Crippen molar-refractivity contribution in [2.24, 2.45) is 0 Å². The molecular weight excluding hydrogens is 192 g/mol. The Labute approximate surface area is 90.9 Å². The van der Waals surface area contributed by atoms with E-state index in [1.54, 1.807) is 0 Å². The van der Waals surface area contributed by atoms with E-state index < -0.39 is 11.9 Å². The van der Waals surface area contributed by atoms with E-state index in [1.165, 1.54) is 11.8 Å². The van der Waals surface area contributed by atoms with Gasteiger partial charge in [0.1, 0.15) is 0 Å². The number of thioether (sulfide) groups is 1. The van der Waals surface area contributed by atoms with Crippen LogP contribution in [0.2, 0.25) is 0 Å². The largest absolute Gasteiger partial charge is 2.00 e. The van der Waals surface area contributed by atoms with Crippen LogP contribution in [0.1, 0.15) is 12.8 Å². The number of hydrogen-bond acceptors (Lipinski definition) is 5. The first kappa shape index (κ1) is 14.6. The predicted octanol–water partition coefficient (Wildman–Crippen LogP) is -2.38. The number of carbonyl (C=O) groups is 2. The zero-order chi connectivity index (χ0) is 8.69. The molecule has 0 heterocycles. The summed E-state index contributed by atoms with van der Waals surface area (Å²) in [5.41, 5.74) is 0. The van der Waals surface area contributed by atoms with Crippen LogP contribution in [0.15, 0.2) is 0 Å². The van der Waals surface area contributed by atoms with Crippen LogP contribution in [-0.2, 0) is 9.59 Å². The molecule has 0 aromatic heterocycles. The summed E-state index contributed by atoms with van der Waals surface area (Å²) in [6, 6.07) is 0. The Morgan fingerprint density at radius 1 is 1.00 bits per heavy atom. The van der Waals surface area contributed by atoms with E-state index in [4.69, 9.17) is 0 Å². The topological polar surface area (TPSA) is 80.3 Å². The van der Waals surface area contributed by atoms with Crippen LogP contribution in [0.5, 0.6) is 0 Å². The maximum absolute atomic E-state index is 9.84. The van der Waals surface area contributed by atoms with Crippen molar-refractivity contribution in [1.82, 2.24) is 0 Å². The molecule has 0 aliphatic carbocycles. The quantitative estimate of drug-likeness (QED) is 0.353. The molecule has 0 saturated heterocycles. The molecule has 0 aliphatic rings. The normalized spacial score (nSPS) is 8.67. The van der Waals surface area contributed by atoms with Gasteiger partial charge in [0.25, 0.3) is 0 Å². The minimum atomic E-state index is -1.11. The van der Waals surface area contributed by atoms with Crippen molar-refractivity contribution in [1.29, 1.82) is 0 Å². The molecule has 4 nitrogen and oxygen atoms in total. The SMILES string of the molecule is O=C([O-])CCSCCC(=O)[O-].[Mg+2]. The van der Waals surface area contributed by atoms with Crippen LogP contribution in [0.3, 0.4) is 0 Å². The summed E-state index contributed by atoms with van der Waals surface area (Å²) >= 11 is 1.27. The molecule has 0 spiro atoms. The van der Waals surface area contributed by atoms with E-state index in [0.29, 0.717) is 11.5 Å². The minimum Gasteiger partial charge on any atom is -0.550 e. The van der Waals surface area contributed by atoms with Crippen molar-refractivity contribution in [2.75, 3.05) is 11.5 Å². The average molecular weight is 200 g/mol. The van der Waals surface area contributed by atoms with E-state index in [9.17, 15) is 19.8 Å². The molecule has 0 radical (unpaired) electrons. The molecule has 0 aliphatic heterocycles. The van der Waals surface area contributed by atoms with Crippen molar-refractivity contribution < 1.29 is 19.8 Å². The number of rotatable bonds is 6. The Kier molecular flexibility index (Phi) is 11.1. The van der Waals surface area contributed by atoms with Gasteiger partial charge in [-0.05, 0) is 24.3 Å². The fraction of sp³-hybridized carbons (Fsp3) is 0.667. The number of carboxylic acid groups (broad SMARTS) is 2. The first-order chi connectivity index (χ1) is 5.13. The van der Waals surface area contributed by atoms with Crippen molar-refractivity contribution in [3.63, 3.8) is 0 Å². The summed E-state index contributed by atoms with van der Waals surface area (Å²) in [5.74, 6) is -1.41. The minimum absolute atomic E-state index is 0. The van der Waals surface area contributed by atoms with Crippen LogP contribution >= 0.6 is 11.8 Å². The second-order valence-corrected chi connectivity index (χ2v) is 3.08. The predicted molar refractivity (Wildman–Crippen MR) is 42.3 cm³/mol. The monoisotopic (exact) mass is 200 g/mol. The molecule has 6 heteroatoms. The van der Waals surface area contributed by atoms with Crippen LogP contribution in [0.25, 0.3) is 0 Å². The molecule has 0 amide bonds. The van der Waals surface area contributed by atoms with Crippen molar-refractivity contribution in [2.45, 2.75) is 12.8 Å². The number of carboxylic acids is 2. The third-order valence-electron chi connectivity index (χ3n) is 0.901. The second kappa shape index (κ2) is 9.15. The van der Waals surface area contributed by atoms with Crippen molar-refractivity contribution >= 4 is 46.8 Å². The number of carbonyl (C=O) groups excluding carboxylic acids is 2. The average Bonchev–Trinajstić information content (AvgIpc) is 1.85. The molecule has 0 rings (SSSR count). The summed E-state index contributed by atoms with van der Waals surface area (Å²) < 4.78 is 0. The van der Waals surface area contributed by atoms with Crippen LogP contribution in [0, 0.1) is 0 Å². The number of aliphatic carboxylic acids is 2. The molecular formula is C6H8MgO4S. The van der Waals surface area contributed by atoms with Crippen molar-refractivity contribution in [3.8, 4) is 0 Å². The maximum Gasteiger partial charge on any atom is 2.00 e. The Balaban J connectivity index is 0. The molecule has 0 N–H and O–H groups in total. The van der Waals surface area contributed by atoms with Gasteiger partial charge in [0, 0.05) is 11.9 Å². The van der Waals surface area contributed by atoms with Gasteiger partial charge in [-0.15, -0.1) is 0 Å². The van der Waals surface area contributed by atoms with Gasteiger partial charge in [-0.3, -0.25) is 0 Å². The van der Waals surface area contributed by atoms with E-state index in [2.05, 4.69) is 0 Å². The molecule has 12 heavy (non-hydrogen) atoms. The molecule has 0 unspecified atom stereocenters. The zero-order valence-electron chi connectivity index (χ0n) is 6.58. The van der Waals surface area contributed by atoms with Crippen LogP contribution < -0.4 is 10.2 Å². The Bertz CT molecular complexity index is 134. The summed E-state index contributed by atoms with van der Waals surface area (Å²) in [5, 5.41) is 19.7. The van der Waals surface area contributed by atoms with Gasteiger partial charge >= 0.3 is 23.1 Å². The van der Waals surface area contributed by atoms with Gasteiger partial charge in [0.05, 0.1) is 0 Å². The van der Waals surface area contributed by atoms with Gasteiger partial charge in [-0.25, -0.2) is 0 Å². The van der Waals surface area contributed by atoms with Crippen LogP contribution in [-0.4, -0.2) is 46.5 Å². The molecule has 0 bridgehead atoms. The van der Waals surface area contributed by atoms with Crippen molar-refractivity contribution in [3.05, 3.63) is 0 Å². The maximum atomic E-state index is 9.84. The molecule has 0 atom stereocenters. The zero-order valence-corrected chi connectivity index (χ0v) is 8.81. The number of hydrogen-bond donors (Lipinski definition) is 0. The molecule has 0 saturated carbocycles. The Morgan fingerprint density at radius 3 is 1.58 bits per heavy atom.